The number of carbonyl (C=O) groups excluding carboxylic acids is 1. The van der Waals surface area contributed by atoms with Gasteiger partial charge in [0, 0.05) is 19.0 Å². The largest absolute Gasteiger partial charge is 0.349 e. The normalized spacial score (nSPS) is 17.0. The molecule has 162 valence electrons. The van der Waals surface area contributed by atoms with E-state index >= 15 is 0 Å². The number of aryl methyl sites for hydroxylation is 2. The molecule has 8 heteroatoms. The van der Waals surface area contributed by atoms with Crippen LogP contribution < -0.4 is 5.32 Å². The van der Waals surface area contributed by atoms with Crippen LogP contribution in [0.5, 0.6) is 0 Å². The summed E-state index contributed by atoms with van der Waals surface area (Å²) in [4.78, 5) is 12.9. The van der Waals surface area contributed by atoms with E-state index in [1.165, 1.54) is 10.4 Å². The van der Waals surface area contributed by atoms with Gasteiger partial charge >= 0.3 is 0 Å². The van der Waals surface area contributed by atoms with Gasteiger partial charge in [-0.25, -0.2) is 17.2 Å². The van der Waals surface area contributed by atoms with Crippen molar-refractivity contribution in [2.24, 2.45) is 5.92 Å². The van der Waals surface area contributed by atoms with E-state index in [1.807, 2.05) is 13.8 Å². The van der Waals surface area contributed by atoms with Gasteiger partial charge < -0.3 is 5.32 Å². The SMILES string of the molecule is Cc1ccc(S(=O)(=O)N2CCC(C(=O)NC(C)c3ccc(F)c(F)c3)CC2)cc1C. The number of benzene rings is 2. The molecule has 1 N–H and O–H groups in total. The topological polar surface area (TPSA) is 66.5 Å². The Hall–Kier alpha value is -2.32. The number of nitrogens with one attached hydrogen (secondary N) is 1. The van der Waals surface area contributed by atoms with E-state index in [0.717, 1.165) is 23.3 Å². The van der Waals surface area contributed by atoms with E-state index in [4.69, 9.17) is 0 Å². The summed E-state index contributed by atoms with van der Waals surface area (Å²) < 4.78 is 53.8. The highest BCUT2D eigenvalue weighted by atomic mass is 32.2. The van der Waals surface area contributed by atoms with Gasteiger partial charge in [-0.15, -0.1) is 0 Å². The standard InChI is InChI=1S/C22H26F2N2O3S/c1-14-4-6-19(12-15(14)2)30(28,29)26-10-8-17(9-11-26)22(27)25-16(3)18-5-7-20(23)21(24)13-18/h4-7,12-13,16-17H,8-11H2,1-3H3,(H,25,27). The Kier molecular flexibility index (Phi) is 6.57. The van der Waals surface area contributed by atoms with Crippen LogP contribution in [0, 0.1) is 31.4 Å². The molecule has 0 saturated carbocycles. The minimum Gasteiger partial charge on any atom is -0.349 e. The molecule has 0 bridgehead atoms. The molecule has 1 fully saturated rings. The Morgan fingerprint density at radius 3 is 2.30 bits per heavy atom. The Balaban J connectivity index is 1.61. The number of piperidine rings is 1. The monoisotopic (exact) mass is 436 g/mol. The lowest BCUT2D eigenvalue weighted by Gasteiger charge is -2.31. The molecular formula is C22H26F2N2O3S. The molecule has 1 atom stereocenters. The van der Waals surface area contributed by atoms with Crippen molar-refractivity contribution in [1.82, 2.24) is 9.62 Å². The van der Waals surface area contributed by atoms with Gasteiger partial charge in [0.05, 0.1) is 10.9 Å². The number of carbonyl (C=O) groups is 1. The van der Waals surface area contributed by atoms with Crippen LogP contribution in [0.15, 0.2) is 41.3 Å². The molecule has 1 unspecified atom stereocenters. The number of hydrogen-bond donors (Lipinski definition) is 1. The maximum absolute atomic E-state index is 13.4. The first-order chi connectivity index (χ1) is 14.1. The van der Waals surface area contributed by atoms with E-state index in [-0.39, 0.29) is 29.8 Å². The van der Waals surface area contributed by atoms with Crippen LogP contribution in [0.4, 0.5) is 8.78 Å². The first-order valence-electron chi connectivity index (χ1n) is 9.92. The van der Waals surface area contributed by atoms with Crippen LogP contribution in [0.2, 0.25) is 0 Å². The Morgan fingerprint density at radius 2 is 1.70 bits per heavy atom. The predicted octanol–water partition coefficient (Wildman–Crippen LogP) is 3.86. The van der Waals surface area contributed by atoms with Gasteiger partial charge in [0.15, 0.2) is 11.6 Å². The van der Waals surface area contributed by atoms with Gasteiger partial charge in [-0.05, 0) is 74.6 Å². The minimum atomic E-state index is -3.60. The first-order valence-corrected chi connectivity index (χ1v) is 11.4. The fourth-order valence-electron chi connectivity index (χ4n) is 3.58. The van der Waals surface area contributed by atoms with Gasteiger partial charge in [-0.2, -0.15) is 4.31 Å². The summed E-state index contributed by atoms with van der Waals surface area (Å²) in [5.74, 6) is -2.44. The third-order valence-electron chi connectivity index (χ3n) is 5.74. The smallest absolute Gasteiger partial charge is 0.243 e. The number of amides is 1. The molecule has 1 heterocycles. The second-order valence-corrected chi connectivity index (χ2v) is 9.77. The molecule has 2 aromatic carbocycles. The minimum absolute atomic E-state index is 0.213. The molecule has 3 rings (SSSR count). The highest BCUT2D eigenvalue weighted by Gasteiger charge is 2.32. The van der Waals surface area contributed by atoms with Crippen LogP contribution in [-0.4, -0.2) is 31.7 Å². The fraction of sp³-hybridized carbons (Fsp3) is 0.409. The molecule has 0 aliphatic carbocycles. The lowest BCUT2D eigenvalue weighted by Crippen LogP contribution is -2.43. The van der Waals surface area contributed by atoms with Crippen molar-refractivity contribution in [3.63, 3.8) is 0 Å². The summed E-state index contributed by atoms with van der Waals surface area (Å²) in [6.07, 6.45) is 0.806. The molecule has 5 nitrogen and oxygen atoms in total. The molecule has 2 aromatic rings. The molecular weight excluding hydrogens is 410 g/mol. The molecule has 1 saturated heterocycles. The zero-order valence-electron chi connectivity index (χ0n) is 17.3. The summed E-state index contributed by atoms with van der Waals surface area (Å²) in [6, 6.07) is 8.13. The first kappa shape index (κ1) is 22.4. The van der Waals surface area contributed by atoms with Crippen molar-refractivity contribution >= 4 is 15.9 Å². The Morgan fingerprint density at radius 1 is 1.03 bits per heavy atom. The van der Waals surface area contributed by atoms with Crippen molar-refractivity contribution in [1.29, 1.82) is 0 Å². The lowest BCUT2D eigenvalue weighted by molar-refractivity contribution is -0.126. The molecule has 0 spiro atoms. The van der Waals surface area contributed by atoms with Gasteiger partial charge in [0.25, 0.3) is 0 Å². The number of hydrogen-bond acceptors (Lipinski definition) is 3. The third kappa shape index (κ3) is 4.70. The zero-order chi connectivity index (χ0) is 22.1. The van der Waals surface area contributed by atoms with Crippen molar-refractivity contribution in [3.05, 3.63) is 64.7 Å². The number of rotatable bonds is 5. The van der Waals surface area contributed by atoms with E-state index in [9.17, 15) is 22.0 Å². The van der Waals surface area contributed by atoms with Crippen molar-refractivity contribution in [2.75, 3.05) is 13.1 Å². The summed E-state index contributed by atoms with van der Waals surface area (Å²) in [6.45, 7) is 6.01. The van der Waals surface area contributed by atoms with Gasteiger partial charge in [0.2, 0.25) is 15.9 Å². The van der Waals surface area contributed by atoms with E-state index < -0.39 is 27.7 Å². The van der Waals surface area contributed by atoms with Crippen LogP contribution in [0.3, 0.4) is 0 Å². The molecule has 0 radical (unpaired) electrons. The quantitative estimate of drug-likeness (QED) is 0.774. The van der Waals surface area contributed by atoms with Gasteiger partial charge in [-0.3, -0.25) is 4.79 Å². The van der Waals surface area contributed by atoms with E-state index in [0.29, 0.717) is 18.4 Å². The van der Waals surface area contributed by atoms with Gasteiger partial charge in [0.1, 0.15) is 0 Å². The Labute approximate surface area is 176 Å². The highest BCUT2D eigenvalue weighted by molar-refractivity contribution is 7.89. The van der Waals surface area contributed by atoms with Gasteiger partial charge in [-0.1, -0.05) is 12.1 Å². The summed E-state index contributed by atoms with van der Waals surface area (Å²) in [5, 5.41) is 2.82. The van der Waals surface area contributed by atoms with Crippen molar-refractivity contribution < 1.29 is 22.0 Å². The average molecular weight is 437 g/mol. The van der Waals surface area contributed by atoms with Crippen LogP contribution in [0.25, 0.3) is 0 Å². The second-order valence-electron chi connectivity index (χ2n) is 7.83. The molecule has 0 aromatic heterocycles. The highest BCUT2D eigenvalue weighted by Crippen LogP contribution is 2.26. The maximum Gasteiger partial charge on any atom is 0.243 e. The average Bonchev–Trinajstić information content (AvgIpc) is 2.72. The van der Waals surface area contributed by atoms with Crippen LogP contribution >= 0.6 is 0 Å². The Bertz CT molecular complexity index is 1050. The van der Waals surface area contributed by atoms with Crippen LogP contribution in [0.1, 0.15) is 42.5 Å². The third-order valence-corrected chi connectivity index (χ3v) is 7.64. The summed E-state index contributed by atoms with van der Waals surface area (Å²) in [7, 11) is -3.60. The maximum atomic E-state index is 13.4. The number of sulfonamides is 1. The predicted molar refractivity (Wildman–Crippen MR) is 110 cm³/mol. The van der Waals surface area contributed by atoms with E-state index in [2.05, 4.69) is 5.32 Å². The van der Waals surface area contributed by atoms with Crippen LogP contribution in [-0.2, 0) is 14.8 Å². The molecule has 30 heavy (non-hydrogen) atoms. The molecule has 1 aliphatic rings. The zero-order valence-corrected chi connectivity index (χ0v) is 18.1. The molecule has 1 amide bonds. The van der Waals surface area contributed by atoms with Crippen molar-refractivity contribution in [3.8, 4) is 0 Å². The fourth-order valence-corrected chi connectivity index (χ4v) is 5.13. The summed E-state index contributed by atoms with van der Waals surface area (Å²) >= 11 is 0. The van der Waals surface area contributed by atoms with E-state index in [1.54, 1.807) is 25.1 Å². The second kappa shape index (κ2) is 8.81. The number of nitrogens with zero attached hydrogens (tertiary/aromatic N) is 1. The number of halogens is 2. The molecule has 1 aliphatic heterocycles. The lowest BCUT2D eigenvalue weighted by atomic mass is 9.96. The summed E-state index contributed by atoms with van der Waals surface area (Å²) in [5.41, 5.74) is 2.41. The van der Waals surface area contributed by atoms with Crippen molar-refractivity contribution in [2.45, 2.75) is 44.6 Å².